The Hall–Kier alpha value is -2.67. The molecule has 0 N–H and O–H groups in total. The molecule has 1 saturated heterocycles. The lowest BCUT2D eigenvalue weighted by molar-refractivity contribution is 0.149. The fourth-order valence-electron chi connectivity index (χ4n) is 3.45. The van der Waals surface area contributed by atoms with Crippen molar-refractivity contribution in [2.45, 2.75) is 25.9 Å². The third-order valence-electron chi connectivity index (χ3n) is 4.72. The van der Waals surface area contributed by atoms with E-state index in [9.17, 15) is 4.39 Å². The number of nitrogens with zero attached hydrogens (tertiary/aromatic N) is 6. The van der Waals surface area contributed by atoms with Crippen molar-refractivity contribution < 1.29 is 4.39 Å². The van der Waals surface area contributed by atoms with Crippen molar-refractivity contribution in [1.82, 2.24) is 30.1 Å². The average molecular weight is 352 g/mol. The van der Waals surface area contributed by atoms with Gasteiger partial charge in [0.1, 0.15) is 5.82 Å². The number of halogens is 1. The highest BCUT2D eigenvalue weighted by molar-refractivity contribution is 5.51. The first-order valence-electron chi connectivity index (χ1n) is 8.91. The number of pyridine rings is 1. The smallest absolute Gasteiger partial charge is 0.206 e. The first kappa shape index (κ1) is 16.8. The molecule has 26 heavy (non-hydrogen) atoms. The van der Waals surface area contributed by atoms with E-state index in [4.69, 9.17) is 0 Å². The van der Waals surface area contributed by atoms with E-state index in [0.29, 0.717) is 11.7 Å². The summed E-state index contributed by atoms with van der Waals surface area (Å²) < 4.78 is 13.1. The van der Waals surface area contributed by atoms with Crippen molar-refractivity contribution in [2.24, 2.45) is 5.92 Å². The number of rotatable bonds is 5. The van der Waals surface area contributed by atoms with Gasteiger partial charge < -0.3 is 0 Å². The zero-order valence-electron chi connectivity index (χ0n) is 14.5. The van der Waals surface area contributed by atoms with Gasteiger partial charge >= 0.3 is 0 Å². The molecule has 7 heteroatoms. The van der Waals surface area contributed by atoms with Crippen LogP contribution in [0.1, 0.15) is 18.4 Å². The van der Waals surface area contributed by atoms with Gasteiger partial charge in [0.25, 0.3) is 0 Å². The van der Waals surface area contributed by atoms with Gasteiger partial charge in [-0.1, -0.05) is 12.1 Å². The highest BCUT2D eigenvalue weighted by Crippen LogP contribution is 2.20. The van der Waals surface area contributed by atoms with E-state index in [-0.39, 0.29) is 5.82 Å². The largest absolute Gasteiger partial charge is 0.299 e. The molecule has 0 aliphatic carbocycles. The molecule has 0 amide bonds. The third kappa shape index (κ3) is 4.11. The van der Waals surface area contributed by atoms with Crippen molar-refractivity contribution in [1.29, 1.82) is 0 Å². The Morgan fingerprint density at radius 1 is 1.15 bits per heavy atom. The summed E-state index contributed by atoms with van der Waals surface area (Å²) in [6, 6.07) is 10.6. The number of hydrogen-bond acceptors (Lipinski definition) is 5. The topological polar surface area (TPSA) is 59.7 Å². The molecular weight excluding hydrogens is 331 g/mol. The van der Waals surface area contributed by atoms with Crippen LogP contribution in [0.15, 0.2) is 48.8 Å². The molecule has 1 aromatic carbocycles. The summed E-state index contributed by atoms with van der Waals surface area (Å²) in [5.74, 6) is 0.907. The molecule has 0 radical (unpaired) electrons. The molecule has 0 spiro atoms. The van der Waals surface area contributed by atoms with Crippen LogP contribution in [0.5, 0.6) is 0 Å². The van der Waals surface area contributed by atoms with Gasteiger partial charge in [-0.15, -0.1) is 10.2 Å². The number of aromatic nitrogens is 5. The maximum atomic E-state index is 13.1. The molecule has 4 rings (SSSR count). The second-order valence-electron chi connectivity index (χ2n) is 6.78. The minimum atomic E-state index is -0.188. The number of likely N-dealkylation sites (tertiary alicyclic amines) is 1. The van der Waals surface area contributed by atoms with Gasteiger partial charge in [0.15, 0.2) is 0 Å². The lowest BCUT2D eigenvalue weighted by Crippen LogP contribution is -2.36. The Labute approximate surface area is 151 Å². The van der Waals surface area contributed by atoms with Gasteiger partial charge in [0.2, 0.25) is 5.82 Å². The van der Waals surface area contributed by atoms with Crippen molar-refractivity contribution in [3.63, 3.8) is 0 Å². The minimum Gasteiger partial charge on any atom is -0.299 e. The van der Waals surface area contributed by atoms with E-state index in [1.54, 1.807) is 17.2 Å². The van der Waals surface area contributed by atoms with Crippen LogP contribution in [0.25, 0.3) is 11.4 Å². The maximum absolute atomic E-state index is 13.1. The van der Waals surface area contributed by atoms with Crippen molar-refractivity contribution in [3.05, 3.63) is 60.2 Å². The third-order valence-corrected chi connectivity index (χ3v) is 4.72. The average Bonchev–Trinajstić information content (AvgIpc) is 3.13. The molecule has 1 aliphatic rings. The molecule has 1 atom stereocenters. The standard InChI is InChI=1S/C19H21FN6/c20-18-7-5-15(6-8-18)12-25-10-2-3-16(13-25)14-26-23-19(22-24-26)17-4-1-9-21-11-17/h1,4-9,11,16H,2-3,10,12-14H2/t16-/m0/s1. The van der Waals surface area contributed by atoms with E-state index in [0.717, 1.165) is 50.1 Å². The van der Waals surface area contributed by atoms with Crippen LogP contribution in [0, 0.1) is 11.7 Å². The Balaban J connectivity index is 1.36. The summed E-state index contributed by atoms with van der Waals surface area (Å²) in [6.45, 7) is 3.66. The van der Waals surface area contributed by atoms with Gasteiger partial charge in [0.05, 0.1) is 6.54 Å². The summed E-state index contributed by atoms with van der Waals surface area (Å²) in [4.78, 5) is 8.20. The molecule has 3 heterocycles. The molecule has 3 aromatic rings. The number of hydrogen-bond donors (Lipinski definition) is 0. The van der Waals surface area contributed by atoms with Crippen molar-refractivity contribution >= 4 is 0 Å². The first-order valence-corrected chi connectivity index (χ1v) is 8.91. The van der Waals surface area contributed by atoms with Gasteiger partial charge in [-0.25, -0.2) is 4.39 Å². The summed E-state index contributed by atoms with van der Waals surface area (Å²) in [7, 11) is 0. The monoisotopic (exact) mass is 352 g/mol. The first-order chi connectivity index (χ1) is 12.8. The van der Waals surface area contributed by atoms with Crippen LogP contribution in [0.4, 0.5) is 4.39 Å². The van der Waals surface area contributed by atoms with E-state index in [2.05, 4.69) is 25.3 Å². The Morgan fingerprint density at radius 2 is 2.04 bits per heavy atom. The van der Waals surface area contributed by atoms with Gasteiger partial charge in [-0.3, -0.25) is 9.88 Å². The number of tetrazole rings is 1. The van der Waals surface area contributed by atoms with Gasteiger partial charge in [-0.05, 0) is 60.3 Å². The normalized spacial score (nSPS) is 18.1. The second kappa shape index (κ2) is 7.70. The molecule has 6 nitrogen and oxygen atoms in total. The fraction of sp³-hybridized carbons (Fsp3) is 0.368. The van der Waals surface area contributed by atoms with Crippen LogP contribution in [-0.4, -0.2) is 43.2 Å². The Morgan fingerprint density at radius 3 is 2.85 bits per heavy atom. The zero-order valence-corrected chi connectivity index (χ0v) is 14.5. The summed E-state index contributed by atoms with van der Waals surface area (Å²) in [6.07, 6.45) is 5.78. The van der Waals surface area contributed by atoms with E-state index in [1.807, 2.05) is 24.3 Å². The molecule has 0 saturated carbocycles. The lowest BCUT2D eigenvalue weighted by Gasteiger charge is -2.32. The number of piperidine rings is 1. The maximum Gasteiger partial charge on any atom is 0.206 e. The summed E-state index contributed by atoms with van der Waals surface area (Å²) in [5.41, 5.74) is 2.02. The Kier molecular flexibility index (Phi) is 4.97. The van der Waals surface area contributed by atoms with Crippen LogP contribution in [0.3, 0.4) is 0 Å². The molecule has 0 bridgehead atoms. The highest BCUT2D eigenvalue weighted by atomic mass is 19.1. The lowest BCUT2D eigenvalue weighted by atomic mass is 9.97. The van der Waals surface area contributed by atoms with E-state index < -0.39 is 0 Å². The highest BCUT2D eigenvalue weighted by Gasteiger charge is 2.21. The summed E-state index contributed by atoms with van der Waals surface area (Å²) >= 11 is 0. The predicted octanol–water partition coefficient (Wildman–Crippen LogP) is 2.79. The molecule has 1 aliphatic heterocycles. The van der Waals surface area contributed by atoms with Gasteiger partial charge in [-0.2, -0.15) is 4.80 Å². The van der Waals surface area contributed by atoms with E-state index in [1.165, 1.54) is 12.1 Å². The van der Waals surface area contributed by atoms with Crippen LogP contribution < -0.4 is 0 Å². The van der Waals surface area contributed by atoms with Crippen LogP contribution >= 0.6 is 0 Å². The van der Waals surface area contributed by atoms with Crippen LogP contribution in [0.2, 0.25) is 0 Å². The van der Waals surface area contributed by atoms with Crippen molar-refractivity contribution in [2.75, 3.05) is 13.1 Å². The minimum absolute atomic E-state index is 0.188. The van der Waals surface area contributed by atoms with E-state index >= 15 is 0 Å². The zero-order chi connectivity index (χ0) is 17.8. The van der Waals surface area contributed by atoms with Crippen molar-refractivity contribution in [3.8, 4) is 11.4 Å². The Bertz CT molecular complexity index is 833. The summed E-state index contributed by atoms with van der Waals surface area (Å²) in [5, 5.41) is 12.8. The molecular formula is C19H21FN6. The molecule has 2 aromatic heterocycles. The SMILES string of the molecule is Fc1ccc(CN2CCC[C@H](Cn3nnc(-c4cccnc4)n3)C2)cc1. The predicted molar refractivity (Wildman–Crippen MR) is 95.4 cm³/mol. The van der Waals surface area contributed by atoms with Gasteiger partial charge in [0, 0.05) is 31.0 Å². The second-order valence-corrected chi connectivity index (χ2v) is 6.78. The molecule has 134 valence electrons. The molecule has 1 fully saturated rings. The van der Waals surface area contributed by atoms with Crippen LogP contribution in [-0.2, 0) is 13.1 Å². The molecule has 0 unspecified atom stereocenters. The number of benzene rings is 1. The quantitative estimate of drug-likeness (QED) is 0.707. The fourth-order valence-corrected chi connectivity index (χ4v) is 3.45.